The predicted octanol–water partition coefficient (Wildman–Crippen LogP) is 1.52. The summed E-state index contributed by atoms with van der Waals surface area (Å²) in [4.78, 5) is 11.1. The van der Waals surface area contributed by atoms with Crippen molar-refractivity contribution in [3.8, 4) is 17.2 Å². The Morgan fingerprint density at radius 2 is 1.94 bits per heavy atom. The molecule has 16 heavy (non-hydrogen) atoms. The molecule has 2 N–H and O–H groups in total. The highest BCUT2D eigenvalue weighted by Crippen LogP contribution is 2.42. The minimum absolute atomic E-state index is 0.0544. The monoisotopic (exact) mass is 222 g/mol. The molecule has 0 aliphatic carbocycles. The van der Waals surface area contributed by atoms with Gasteiger partial charge in [-0.2, -0.15) is 0 Å². The maximum absolute atomic E-state index is 11.1. The van der Waals surface area contributed by atoms with E-state index in [0.717, 1.165) is 0 Å². The summed E-state index contributed by atoms with van der Waals surface area (Å²) in [6.07, 6.45) is 0. The van der Waals surface area contributed by atoms with Crippen molar-refractivity contribution in [2.75, 3.05) is 7.11 Å². The molecule has 0 unspecified atom stereocenters. The highest BCUT2D eigenvalue weighted by atomic mass is 16.5. The molecule has 0 amide bonds. The minimum Gasteiger partial charge on any atom is -0.504 e. The van der Waals surface area contributed by atoms with Crippen LogP contribution in [0.1, 0.15) is 5.56 Å². The Labute approximate surface area is 90.5 Å². The van der Waals surface area contributed by atoms with Gasteiger partial charge in [0, 0.05) is 12.1 Å². The van der Waals surface area contributed by atoms with Crippen LogP contribution in [-0.2, 0) is 0 Å². The summed E-state index contributed by atoms with van der Waals surface area (Å²) in [7, 11) is 1.34. The van der Waals surface area contributed by atoms with Gasteiger partial charge in [-0.3, -0.25) is 0 Å². The molecule has 1 heterocycles. The van der Waals surface area contributed by atoms with Crippen LogP contribution in [0.2, 0.25) is 0 Å². The van der Waals surface area contributed by atoms with Crippen LogP contribution in [0.5, 0.6) is 17.2 Å². The minimum atomic E-state index is -0.517. The average Bonchev–Trinajstić information content (AvgIpc) is 2.22. The van der Waals surface area contributed by atoms with Crippen LogP contribution >= 0.6 is 0 Å². The molecule has 0 spiro atoms. The number of aryl methyl sites for hydroxylation is 1. The van der Waals surface area contributed by atoms with Gasteiger partial charge in [-0.05, 0) is 12.5 Å². The quantitative estimate of drug-likeness (QED) is 0.564. The average molecular weight is 222 g/mol. The fourth-order valence-electron chi connectivity index (χ4n) is 1.62. The second-order valence-corrected chi connectivity index (χ2v) is 3.40. The van der Waals surface area contributed by atoms with E-state index in [9.17, 15) is 15.0 Å². The van der Waals surface area contributed by atoms with Gasteiger partial charge in [0.15, 0.2) is 11.5 Å². The number of hydrogen-bond acceptors (Lipinski definition) is 5. The van der Waals surface area contributed by atoms with Crippen LogP contribution in [0.3, 0.4) is 0 Å². The summed E-state index contributed by atoms with van der Waals surface area (Å²) in [5.41, 5.74) is 0.191. The number of phenolic OH excluding ortho intramolecular Hbond substituents is 2. The maximum atomic E-state index is 11.1. The molecule has 5 nitrogen and oxygen atoms in total. The first-order valence-corrected chi connectivity index (χ1v) is 4.58. The van der Waals surface area contributed by atoms with Gasteiger partial charge in [0.05, 0.1) is 12.5 Å². The molecule has 0 aliphatic heterocycles. The molecule has 0 radical (unpaired) electrons. The molecule has 0 aliphatic rings. The molecular formula is C11H10O5. The molecule has 84 valence electrons. The molecule has 1 aromatic heterocycles. The van der Waals surface area contributed by atoms with Crippen molar-refractivity contribution >= 4 is 11.0 Å². The van der Waals surface area contributed by atoms with Crippen molar-refractivity contribution in [1.82, 2.24) is 0 Å². The summed E-state index contributed by atoms with van der Waals surface area (Å²) in [5.74, 6) is -0.665. The Balaban J connectivity index is 2.98. The predicted molar refractivity (Wildman–Crippen MR) is 57.1 cm³/mol. The Bertz CT molecular complexity index is 612. The van der Waals surface area contributed by atoms with Crippen LogP contribution < -0.4 is 10.4 Å². The molecule has 5 heteroatoms. The van der Waals surface area contributed by atoms with Gasteiger partial charge in [-0.1, -0.05) is 0 Å². The standard InChI is InChI=1S/C11H10O5/c1-5-3-8(12)16-6-4-7(15-2)10(13)11(14)9(5)6/h3-4,13-14H,1-2H3. The summed E-state index contributed by atoms with van der Waals surface area (Å²) in [6, 6.07) is 2.60. The van der Waals surface area contributed by atoms with Crippen molar-refractivity contribution in [1.29, 1.82) is 0 Å². The zero-order valence-corrected chi connectivity index (χ0v) is 8.77. The first-order chi connectivity index (χ1) is 7.54. The lowest BCUT2D eigenvalue weighted by Gasteiger charge is -2.08. The van der Waals surface area contributed by atoms with Gasteiger partial charge in [0.1, 0.15) is 5.58 Å². The highest BCUT2D eigenvalue weighted by molar-refractivity contribution is 5.90. The Morgan fingerprint density at radius 1 is 1.25 bits per heavy atom. The number of hydrogen-bond donors (Lipinski definition) is 2. The van der Waals surface area contributed by atoms with E-state index >= 15 is 0 Å². The van der Waals surface area contributed by atoms with Crippen molar-refractivity contribution in [3.05, 3.63) is 28.1 Å². The summed E-state index contributed by atoms with van der Waals surface area (Å²) in [5, 5.41) is 19.6. The van der Waals surface area contributed by atoms with Gasteiger partial charge < -0.3 is 19.4 Å². The topological polar surface area (TPSA) is 79.9 Å². The molecule has 0 saturated carbocycles. The van der Waals surface area contributed by atoms with E-state index in [2.05, 4.69) is 0 Å². The largest absolute Gasteiger partial charge is 0.504 e. The molecular weight excluding hydrogens is 212 g/mol. The van der Waals surface area contributed by atoms with Crippen LogP contribution in [0.15, 0.2) is 21.3 Å². The second-order valence-electron chi connectivity index (χ2n) is 3.40. The van der Waals surface area contributed by atoms with Gasteiger partial charge in [0.25, 0.3) is 0 Å². The molecule has 2 rings (SSSR count). The van der Waals surface area contributed by atoms with Crippen LogP contribution in [0.25, 0.3) is 11.0 Å². The lowest BCUT2D eigenvalue weighted by molar-refractivity contribution is 0.352. The van der Waals surface area contributed by atoms with Gasteiger partial charge in [-0.15, -0.1) is 0 Å². The number of aromatic hydroxyl groups is 2. The second kappa shape index (κ2) is 3.44. The zero-order chi connectivity index (χ0) is 11.9. The first-order valence-electron chi connectivity index (χ1n) is 4.58. The first kappa shape index (κ1) is 10.4. The molecule has 1 aromatic carbocycles. The Kier molecular flexibility index (Phi) is 2.23. The molecule has 0 bridgehead atoms. The number of methoxy groups -OCH3 is 1. The summed E-state index contributed by atoms with van der Waals surface area (Å²) in [6.45, 7) is 1.64. The van der Waals surface area contributed by atoms with E-state index in [1.165, 1.54) is 19.2 Å². The third-order valence-corrected chi connectivity index (χ3v) is 2.36. The van der Waals surface area contributed by atoms with Crippen molar-refractivity contribution in [2.45, 2.75) is 6.92 Å². The Morgan fingerprint density at radius 3 is 2.56 bits per heavy atom. The third-order valence-electron chi connectivity index (χ3n) is 2.36. The number of fused-ring (bicyclic) bond motifs is 1. The van der Waals surface area contributed by atoms with Crippen LogP contribution in [-0.4, -0.2) is 17.3 Å². The number of phenols is 2. The van der Waals surface area contributed by atoms with E-state index in [4.69, 9.17) is 9.15 Å². The zero-order valence-electron chi connectivity index (χ0n) is 8.77. The van der Waals surface area contributed by atoms with E-state index in [1.54, 1.807) is 6.92 Å². The lowest BCUT2D eigenvalue weighted by atomic mass is 10.1. The fourth-order valence-corrected chi connectivity index (χ4v) is 1.62. The van der Waals surface area contributed by atoms with Gasteiger partial charge >= 0.3 is 5.63 Å². The van der Waals surface area contributed by atoms with E-state index in [-0.39, 0.29) is 22.8 Å². The van der Waals surface area contributed by atoms with Crippen molar-refractivity contribution in [2.24, 2.45) is 0 Å². The summed E-state index contributed by atoms with van der Waals surface area (Å²) < 4.78 is 9.76. The van der Waals surface area contributed by atoms with E-state index < -0.39 is 5.63 Å². The van der Waals surface area contributed by atoms with E-state index in [0.29, 0.717) is 10.9 Å². The molecule has 2 aromatic rings. The van der Waals surface area contributed by atoms with Crippen molar-refractivity contribution in [3.63, 3.8) is 0 Å². The SMILES string of the molecule is COc1cc2oc(=O)cc(C)c2c(O)c1O. The summed E-state index contributed by atoms with van der Waals surface area (Å²) >= 11 is 0. The normalized spacial score (nSPS) is 10.6. The van der Waals surface area contributed by atoms with E-state index in [1.807, 2.05) is 0 Å². The molecule has 0 fully saturated rings. The Hall–Kier alpha value is -2.17. The van der Waals surface area contributed by atoms with Gasteiger partial charge in [0.2, 0.25) is 5.75 Å². The van der Waals surface area contributed by atoms with Crippen LogP contribution in [0, 0.1) is 6.92 Å². The number of rotatable bonds is 1. The molecule has 0 saturated heterocycles. The fraction of sp³-hybridized carbons (Fsp3) is 0.182. The lowest BCUT2D eigenvalue weighted by Crippen LogP contribution is -1.98. The third kappa shape index (κ3) is 1.37. The van der Waals surface area contributed by atoms with Gasteiger partial charge in [-0.25, -0.2) is 4.79 Å². The highest BCUT2D eigenvalue weighted by Gasteiger charge is 2.16. The number of ether oxygens (including phenoxy) is 1. The molecule has 0 atom stereocenters. The van der Waals surface area contributed by atoms with Crippen LogP contribution in [0.4, 0.5) is 0 Å². The smallest absolute Gasteiger partial charge is 0.336 e. The number of benzene rings is 1. The maximum Gasteiger partial charge on any atom is 0.336 e. The van der Waals surface area contributed by atoms with Crippen molar-refractivity contribution < 1.29 is 19.4 Å².